The molecule has 5 rings (SSSR count). The van der Waals surface area contributed by atoms with E-state index >= 15 is 0 Å². The minimum absolute atomic E-state index is 0.0112. The summed E-state index contributed by atoms with van der Waals surface area (Å²) in [6, 6.07) is 23.0. The standard InChI is InChI=1S/C44H48O15/c1-51-32-16-13-29(19-33(32)52-2)23-40(48)59-42-36(57-38(46)22-28-11-14-31(45)15-12-28)25-44(50,43(49)56-18-17-27-9-7-6-8-10-27)26-37(42)58-39(47)24-30-20-34(53-3)41(55-5)35(21-30)54-4/h6-16,19-21,36-37,42,45,50H,17-18,22-26H2,1-5H3/t36-,37-,42+,44-/m0/s1. The minimum Gasteiger partial charge on any atom is -0.508 e. The van der Waals surface area contributed by atoms with Crippen LogP contribution in [0.4, 0.5) is 0 Å². The van der Waals surface area contributed by atoms with Crippen LogP contribution >= 0.6 is 0 Å². The number of aromatic hydroxyl groups is 1. The Labute approximate surface area is 341 Å². The number of methoxy groups -OCH3 is 5. The summed E-state index contributed by atoms with van der Waals surface area (Å²) in [5.41, 5.74) is -0.107. The second kappa shape index (κ2) is 20.3. The third-order valence-electron chi connectivity index (χ3n) is 9.64. The van der Waals surface area contributed by atoms with Crippen LogP contribution in [0.25, 0.3) is 0 Å². The van der Waals surface area contributed by atoms with Crippen molar-refractivity contribution in [2.75, 3.05) is 42.2 Å². The Morgan fingerprint density at radius 2 is 1.08 bits per heavy atom. The zero-order chi connectivity index (χ0) is 42.5. The van der Waals surface area contributed by atoms with E-state index in [-0.39, 0.29) is 43.1 Å². The summed E-state index contributed by atoms with van der Waals surface area (Å²) in [6.45, 7) is -0.0915. The molecule has 2 N–H and O–H groups in total. The molecular formula is C44H48O15. The molecule has 1 saturated carbocycles. The molecule has 0 aliphatic heterocycles. The van der Waals surface area contributed by atoms with E-state index in [2.05, 4.69) is 0 Å². The summed E-state index contributed by atoms with van der Waals surface area (Å²) in [7, 11) is 7.20. The summed E-state index contributed by atoms with van der Waals surface area (Å²) in [5.74, 6) is -1.86. The van der Waals surface area contributed by atoms with Gasteiger partial charge in [-0.2, -0.15) is 0 Å². The SMILES string of the molecule is COc1ccc(CC(=O)O[C@@H]2[C@@H](OC(=O)Cc3ccc(O)cc3)C[C@@](O)(C(=O)OCCc3ccccc3)C[C@@H]2OC(=O)Cc2cc(OC)c(OC)c(OC)c2)cc1OC. The number of hydrogen-bond acceptors (Lipinski definition) is 15. The van der Waals surface area contributed by atoms with Crippen LogP contribution in [-0.2, 0) is 63.8 Å². The Hall–Kier alpha value is -6.48. The maximum Gasteiger partial charge on any atom is 0.338 e. The molecule has 59 heavy (non-hydrogen) atoms. The van der Waals surface area contributed by atoms with Gasteiger partial charge in [0.15, 0.2) is 34.7 Å². The van der Waals surface area contributed by atoms with Gasteiger partial charge < -0.3 is 52.8 Å². The van der Waals surface area contributed by atoms with Crippen molar-refractivity contribution in [2.24, 2.45) is 0 Å². The van der Waals surface area contributed by atoms with Gasteiger partial charge in [-0.15, -0.1) is 0 Å². The van der Waals surface area contributed by atoms with Crippen LogP contribution in [0.3, 0.4) is 0 Å². The second-order valence-electron chi connectivity index (χ2n) is 13.7. The number of benzene rings is 4. The first-order valence-electron chi connectivity index (χ1n) is 18.7. The van der Waals surface area contributed by atoms with Gasteiger partial charge in [-0.1, -0.05) is 48.5 Å². The van der Waals surface area contributed by atoms with Gasteiger partial charge in [-0.25, -0.2) is 4.79 Å². The summed E-state index contributed by atoms with van der Waals surface area (Å²) in [4.78, 5) is 54.7. The first-order chi connectivity index (χ1) is 28.4. The largest absolute Gasteiger partial charge is 0.508 e. The fourth-order valence-electron chi connectivity index (χ4n) is 6.75. The van der Waals surface area contributed by atoms with Gasteiger partial charge >= 0.3 is 23.9 Å². The van der Waals surface area contributed by atoms with E-state index < -0.39 is 60.6 Å². The molecule has 0 aromatic heterocycles. The topological polar surface area (TPSA) is 192 Å². The van der Waals surface area contributed by atoms with Crippen molar-refractivity contribution in [3.63, 3.8) is 0 Å². The summed E-state index contributed by atoms with van der Waals surface area (Å²) in [5, 5.41) is 21.7. The zero-order valence-corrected chi connectivity index (χ0v) is 33.5. The molecule has 4 aromatic rings. The van der Waals surface area contributed by atoms with Gasteiger partial charge in [-0.3, -0.25) is 14.4 Å². The quantitative estimate of drug-likeness (QED) is 0.105. The highest BCUT2D eigenvalue weighted by atomic mass is 16.6. The molecule has 0 unspecified atom stereocenters. The molecule has 0 amide bonds. The number of rotatable bonds is 18. The molecule has 0 spiro atoms. The molecule has 15 nitrogen and oxygen atoms in total. The number of hydrogen-bond donors (Lipinski definition) is 2. The highest BCUT2D eigenvalue weighted by Crippen LogP contribution is 2.39. The zero-order valence-electron chi connectivity index (χ0n) is 33.5. The molecular weight excluding hydrogens is 768 g/mol. The molecule has 0 saturated heterocycles. The predicted molar refractivity (Wildman–Crippen MR) is 210 cm³/mol. The van der Waals surface area contributed by atoms with Crippen LogP contribution in [0.15, 0.2) is 84.9 Å². The van der Waals surface area contributed by atoms with E-state index in [1.807, 2.05) is 30.3 Å². The van der Waals surface area contributed by atoms with Crippen molar-refractivity contribution in [3.05, 3.63) is 107 Å². The van der Waals surface area contributed by atoms with E-state index in [9.17, 15) is 29.4 Å². The molecule has 1 fully saturated rings. The van der Waals surface area contributed by atoms with Gasteiger partial charge in [0.25, 0.3) is 0 Å². The number of ether oxygens (including phenoxy) is 9. The normalized spacial score (nSPS) is 18.4. The van der Waals surface area contributed by atoms with Crippen molar-refractivity contribution in [2.45, 2.75) is 62.4 Å². The Morgan fingerprint density at radius 1 is 0.576 bits per heavy atom. The van der Waals surface area contributed by atoms with Gasteiger partial charge in [0.05, 0.1) is 61.4 Å². The van der Waals surface area contributed by atoms with Crippen molar-refractivity contribution in [3.8, 4) is 34.5 Å². The van der Waals surface area contributed by atoms with Crippen LogP contribution in [0.1, 0.15) is 35.1 Å². The number of phenols is 1. The molecule has 15 heteroatoms. The van der Waals surface area contributed by atoms with E-state index in [0.29, 0.717) is 40.4 Å². The van der Waals surface area contributed by atoms with Crippen LogP contribution in [-0.4, -0.2) is 100 Å². The molecule has 4 aromatic carbocycles. The van der Waals surface area contributed by atoms with E-state index in [1.54, 1.807) is 30.3 Å². The summed E-state index contributed by atoms with van der Waals surface area (Å²) < 4.78 is 50.2. The molecule has 0 heterocycles. The average molecular weight is 817 g/mol. The van der Waals surface area contributed by atoms with Crippen molar-refractivity contribution in [1.29, 1.82) is 0 Å². The van der Waals surface area contributed by atoms with Gasteiger partial charge in [0, 0.05) is 19.3 Å². The molecule has 1 aliphatic carbocycles. The maximum atomic E-state index is 13.8. The molecule has 1 aliphatic rings. The van der Waals surface area contributed by atoms with Crippen LogP contribution in [0, 0.1) is 0 Å². The lowest BCUT2D eigenvalue weighted by Crippen LogP contribution is -2.60. The Kier molecular flexibility index (Phi) is 15.0. The summed E-state index contributed by atoms with van der Waals surface area (Å²) in [6.07, 6.45) is -6.24. The van der Waals surface area contributed by atoms with E-state index in [4.69, 9.17) is 42.6 Å². The fourth-order valence-corrected chi connectivity index (χ4v) is 6.75. The molecule has 314 valence electrons. The van der Waals surface area contributed by atoms with Crippen LogP contribution < -0.4 is 23.7 Å². The van der Waals surface area contributed by atoms with Crippen molar-refractivity contribution >= 4 is 23.9 Å². The maximum absolute atomic E-state index is 13.8. The Balaban J connectivity index is 1.46. The second-order valence-corrected chi connectivity index (χ2v) is 13.7. The van der Waals surface area contributed by atoms with Gasteiger partial charge in [0.1, 0.15) is 18.0 Å². The van der Waals surface area contributed by atoms with E-state index in [1.165, 1.54) is 59.8 Å². The highest BCUT2D eigenvalue weighted by molar-refractivity contribution is 5.81. The van der Waals surface area contributed by atoms with Crippen LogP contribution in [0.2, 0.25) is 0 Å². The van der Waals surface area contributed by atoms with Gasteiger partial charge in [0.2, 0.25) is 5.75 Å². The number of esters is 4. The lowest BCUT2D eigenvalue weighted by Gasteiger charge is -2.43. The number of phenolic OH excluding ortho intramolecular Hbond substituents is 1. The third-order valence-corrected chi connectivity index (χ3v) is 9.64. The fraction of sp³-hybridized carbons (Fsp3) is 0.364. The lowest BCUT2D eigenvalue weighted by atomic mass is 9.79. The van der Waals surface area contributed by atoms with Crippen LogP contribution in [0.5, 0.6) is 34.5 Å². The van der Waals surface area contributed by atoms with Crippen molar-refractivity contribution < 1.29 is 72.0 Å². The lowest BCUT2D eigenvalue weighted by molar-refractivity contribution is -0.216. The first-order valence-corrected chi connectivity index (χ1v) is 18.7. The Bertz CT molecular complexity index is 2040. The molecule has 0 bridgehead atoms. The molecule has 0 radical (unpaired) electrons. The number of aliphatic hydroxyl groups is 1. The minimum atomic E-state index is -2.36. The average Bonchev–Trinajstić information content (AvgIpc) is 3.22. The first kappa shape index (κ1) is 43.6. The highest BCUT2D eigenvalue weighted by Gasteiger charge is 2.55. The Morgan fingerprint density at radius 3 is 1.64 bits per heavy atom. The van der Waals surface area contributed by atoms with E-state index in [0.717, 1.165) is 5.56 Å². The smallest absolute Gasteiger partial charge is 0.338 e. The monoisotopic (exact) mass is 816 g/mol. The predicted octanol–water partition coefficient (Wildman–Crippen LogP) is 4.51. The van der Waals surface area contributed by atoms with Crippen molar-refractivity contribution in [1.82, 2.24) is 0 Å². The third kappa shape index (κ3) is 11.6. The molecule has 4 atom stereocenters. The van der Waals surface area contributed by atoms with Gasteiger partial charge in [-0.05, 0) is 58.7 Å². The number of carbonyl (C=O) groups is 4. The number of carbonyl (C=O) groups excluding carboxylic acids is 4. The summed E-state index contributed by atoms with van der Waals surface area (Å²) >= 11 is 0.